The number of aromatic nitrogens is 4. The Hall–Kier alpha value is -1.90. The van der Waals surface area contributed by atoms with Gasteiger partial charge >= 0.3 is 6.18 Å². The van der Waals surface area contributed by atoms with Gasteiger partial charge in [-0.05, 0) is 30.9 Å². The number of hydrogen-bond acceptors (Lipinski definition) is 5. The largest absolute Gasteiger partial charge is 0.453 e. The highest BCUT2D eigenvalue weighted by Gasteiger charge is 2.38. The van der Waals surface area contributed by atoms with Gasteiger partial charge in [0.25, 0.3) is 5.82 Å². The maximum Gasteiger partial charge on any atom is 0.453 e. The molecule has 0 saturated carbocycles. The van der Waals surface area contributed by atoms with Crippen LogP contribution in [0.15, 0.2) is 12.1 Å². The third-order valence-corrected chi connectivity index (χ3v) is 4.05. The lowest BCUT2D eigenvalue weighted by Gasteiger charge is -2.38. The summed E-state index contributed by atoms with van der Waals surface area (Å²) < 4.78 is 39.5. The van der Waals surface area contributed by atoms with Crippen LogP contribution < -0.4 is 10.6 Å². The molecule has 9 heteroatoms. The predicted octanol–water partition coefficient (Wildman–Crippen LogP) is 1.71. The fourth-order valence-corrected chi connectivity index (χ4v) is 2.89. The molecule has 1 aliphatic heterocycles. The Balaban J connectivity index is 2.00. The summed E-state index contributed by atoms with van der Waals surface area (Å²) in [7, 11) is 0. The zero-order valence-electron chi connectivity index (χ0n) is 12.1. The molecule has 22 heavy (non-hydrogen) atoms. The molecule has 2 N–H and O–H groups in total. The minimum Gasteiger partial charge on any atom is -0.351 e. The molecule has 1 fully saturated rings. The summed E-state index contributed by atoms with van der Waals surface area (Å²) in [5.74, 6) is -0.0895. The van der Waals surface area contributed by atoms with Crippen molar-refractivity contribution in [3.63, 3.8) is 0 Å². The molecule has 2 aromatic heterocycles. The second-order valence-corrected chi connectivity index (χ2v) is 5.70. The smallest absolute Gasteiger partial charge is 0.351 e. The van der Waals surface area contributed by atoms with Crippen LogP contribution in [0.25, 0.3) is 5.65 Å². The molecule has 0 radical (unpaired) electrons. The fraction of sp³-hybridized carbons (Fsp3) is 0.615. The Morgan fingerprint density at radius 1 is 1.32 bits per heavy atom. The molecule has 3 heterocycles. The maximum absolute atomic E-state index is 12.9. The lowest BCUT2D eigenvalue weighted by molar-refractivity contribution is -0.146. The van der Waals surface area contributed by atoms with Crippen LogP contribution in [0.5, 0.6) is 0 Å². The maximum atomic E-state index is 12.9. The van der Waals surface area contributed by atoms with Crippen molar-refractivity contribution in [1.29, 1.82) is 0 Å². The van der Waals surface area contributed by atoms with Crippen molar-refractivity contribution >= 4 is 11.5 Å². The fourth-order valence-electron chi connectivity index (χ4n) is 2.89. The molecule has 2 aromatic rings. The molecular weight excluding hydrogens is 297 g/mol. The van der Waals surface area contributed by atoms with E-state index in [2.05, 4.69) is 22.2 Å². The number of fused-ring (bicyclic) bond motifs is 1. The molecule has 0 amide bonds. The van der Waals surface area contributed by atoms with E-state index in [4.69, 9.17) is 5.73 Å². The van der Waals surface area contributed by atoms with Crippen LogP contribution in [0.4, 0.5) is 19.0 Å². The average molecular weight is 314 g/mol. The number of nitrogens with two attached hydrogens (primary N) is 1. The number of alkyl halides is 3. The Morgan fingerprint density at radius 3 is 2.77 bits per heavy atom. The van der Waals surface area contributed by atoms with E-state index in [0.717, 1.165) is 23.9 Å². The third-order valence-electron chi connectivity index (χ3n) is 4.05. The number of halogens is 3. The first-order valence-electron chi connectivity index (χ1n) is 7.16. The molecule has 6 nitrogen and oxygen atoms in total. The standard InChI is InChI=1S/C13H17F3N6/c1-8-4-5-21(9(6-8)7-17)11-3-2-10-18-19-12(13(14,15)16)22(10)20-11/h2-3,8-9H,4-7,17H2,1H3. The molecule has 120 valence electrons. The van der Waals surface area contributed by atoms with Crippen LogP contribution >= 0.6 is 0 Å². The van der Waals surface area contributed by atoms with Gasteiger partial charge in [0.2, 0.25) is 0 Å². The Morgan fingerprint density at radius 2 is 2.09 bits per heavy atom. The summed E-state index contributed by atoms with van der Waals surface area (Å²) in [4.78, 5) is 1.97. The molecule has 0 bridgehead atoms. The van der Waals surface area contributed by atoms with Gasteiger partial charge in [-0.3, -0.25) is 0 Å². The number of anilines is 1. The Labute approximate surface area is 125 Å². The molecule has 2 unspecified atom stereocenters. The van der Waals surface area contributed by atoms with E-state index < -0.39 is 12.0 Å². The van der Waals surface area contributed by atoms with E-state index >= 15 is 0 Å². The summed E-state index contributed by atoms with van der Waals surface area (Å²) in [6.07, 6.45) is -2.72. The summed E-state index contributed by atoms with van der Waals surface area (Å²) in [5, 5.41) is 10.8. The van der Waals surface area contributed by atoms with Crippen molar-refractivity contribution in [2.24, 2.45) is 11.7 Å². The summed E-state index contributed by atoms with van der Waals surface area (Å²) in [6.45, 7) is 3.32. The van der Waals surface area contributed by atoms with Gasteiger partial charge in [-0.15, -0.1) is 15.3 Å². The second-order valence-electron chi connectivity index (χ2n) is 5.70. The van der Waals surface area contributed by atoms with E-state index in [0.29, 0.717) is 18.3 Å². The van der Waals surface area contributed by atoms with Crippen molar-refractivity contribution in [1.82, 2.24) is 19.8 Å². The van der Waals surface area contributed by atoms with Gasteiger partial charge in [0.15, 0.2) is 5.65 Å². The quantitative estimate of drug-likeness (QED) is 0.913. The highest BCUT2D eigenvalue weighted by atomic mass is 19.4. The van der Waals surface area contributed by atoms with Gasteiger partial charge in [0.05, 0.1) is 0 Å². The monoisotopic (exact) mass is 314 g/mol. The normalized spacial score (nSPS) is 23.2. The SMILES string of the molecule is CC1CCN(c2ccc3nnc(C(F)(F)F)n3n2)C(CN)C1. The van der Waals surface area contributed by atoms with E-state index in [1.807, 2.05) is 4.90 Å². The average Bonchev–Trinajstić information content (AvgIpc) is 2.90. The predicted molar refractivity (Wildman–Crippen MR) is 74.4 cm³/mol. The van der Waals surface area contributed by atoms with E-state index in [1.54, 1.807) is 6.07 Å². The zero-order valence-corrected chi connectivity index (χ0v) is 12.1. The third kappa shape index (κ3) is 2.60. The molecule has 1 aliphatic rings. The molecule has 0 aromatic carbocycles. The van der Waals surface area contributed by atoms with E-state index in [-0.39, 0.29) is 11.7 Å². The first-order chi connectivity index (χ1) is 10.4. The first-order valence-corrected chi connectivity index (χ1v) is 7.16. The van der Waals surface area contributed by atoms with E-state index in [1.165, 1.54) is 6.07 Å². The van der Waals surface area contributed by atoms with Crippen molar-refractivity contribution < 1.29 is 13.2 Å². The van der Waals surface area contributed by atoms with Gasteiger partial charge < -0.3 is 10.6 Å². The molecule has 2 atom stereocenters. The number of piperidine rings is 1. The van der Waals surface area contributed by atoms with Gasteiger partial charge in [-0.2, -0.15) is 17.7 Å². The van der Waals surface area contributed by atoms with Gasteiger partial charge in [-0.25, -0.2) is 0 Å². The zero-order chi connectivity index (χ0) is 15.9. The van der Waals surface area contributed by atoms with Gasteiger partial charge in [0, 0.05) is 19.1 Å². The topological polar surface area (TPSA) is 72.3 Å². The molecule has 0 aliphatic carbocycles. The summed E-state index contributed by atoms with van der Waals surface area (Å²) in [6, 6.07) is 3.25. The second kappa shape index (κ2) is 5.38. The van der Waals surface area contributed by atoms with Crippen molar-refractivity contribution in [3.05, 3.63) is 18.0 Å². The highest BCUT2D eigenvalue weighted by Crippen LogP contribution is 2.29. The van der Waals surface area contributed by atoms with Gasteiger partial charge in [0.1, 0.15) is 5.82 Å². The number of nitrogens with zero attached hydrogens (tertiary/aromatic N) is 5. The minimum atomic E-state index is -4.59. The van der Waals surface area contributed by atoms with Crippen molar-refractivity contribution in [3.8, 4) is 0 Å². The summed E-state index contributed by atoms with van der Waals surface area (Å²) in [5.41, 5.74) is 5.88. The Bertz CT molecular complexity index is 667. The molecular formula is C13H17F3N6. The van der Waals surface area contributed by atoms with Crippen LogP contribution in [0.2, 0.25) is 0 Å². The highest BCUT2D eigenvalue weighted by molar-refractivity contribution is 5.47. The van der Waals surface area contributed by atoms with Crippen LogP contribution in [0.1, 0.15) is 25.6 Å². The van der Waals surface area contributed by atoms with Crippen LogP contribution in [0.3, 0.4) is 0 Å². The van der Waals surface area contributed by atoms with Crippen molar-refractivity contribution in [2.75, 3.05) is 18.0 Å². The van der Waals surface area contributed by atoms with Gasteiger partial charge in [-0.1, -0.05) is 6.92 Å². The van der Waals surface area contributed by atoms with E-state index in [9.17, 15) is 13.2 Å². The van der Waals surface area contributed by atoms with Crippen LogP contribution in [-0.4, -0.2) is 38.9 Å². The number of rotatable bonds is 2. The van der Waals surface area contributed by atoms with Crippen LogP contribution in [-0.2, 0) is 6.18 Å². The number of hydrogen-bond donors (Lipinski definition) is 1. The Kier molecular flexibility index (Phi) is 3.67. The van der Waals surface area contributed by atoms with Crippen molar-refractivity contribution in [2.45, 2.75) is 32.0 Å². The molecule has 1 saturated heterocycles. The molecule has 3 rings (SSSR count). The van der Waals surface area contributed by atoms with Crippen LogP contribution in [0, 0.1) is 5.92 Å². The minimum absolute atomic E-state index is 0.0748. The summed E-state index contributed by atoms with van der Waals surface area (Å²) >= 11 is 0. The lowest BCUT2D eigenvalue weighted by Crippen LogP contribution is -2.46. The lowest BCUT2D eigenvalue weighted by atomic mass is 9.92. The molecule has 0 spiro atoms. The first kappa shape index (κ1) is 15.0.